The molecule has 0 aromatic rings. The Morgan fingerprint density at radius 1 is 1.47 bits per heavy atom. The molecule has 4 nitrogen and oxygen atoms in total. The Bertz CT molecular complexity index is 277. The standard InChI is InChI=1S/C13H24N2O2/c1-2-8-14-11-5-3-9-15(12(11)16)10-13(17)6-4-7-13/h11,14,17H,2-10H2,1H3. The fourth-order valence-corrected chi connectivity index (χ4v) is 2.70. The molecular formula is C13H24N2O2. The second-order valence-corrected chi connectivity index (χ2v) is 5.49. The number of hydrogen-bond acceptors (Lipinski definition) is 3. The fourth-order valence-electron chi connectivity index (χ4n) is 2.70. The molecule has 0 aromatic heterocycles. The van der Waals surface area contributed by atoms with Crippen molar-refractivity contribution >= 4 is 5.91 Å². The lowest BCUT2D eigenvalue weighted by atomic mass is 9.79. The zero-order valence-electron chi connectivity index (χ0n) is 10.7. The third-order valence-corrected chi connectivity index (χ3v) is 3.94. The highest BCUT2D eigenvalue weighted by atomic mass is 16.3. The van der Waals surface area contributed by atoms with Gasteiger partial charge in [0.15, 0.2) is 0 Å². The smallest absolute Gasteiger partial charge is 0.239 e. The Balaban J connectivity index is 1.87. The van der Waals surface area contributed by atoms with Gasteiger partial charge in [-0.05, 0) is 45.1 Å². The fraction of sp³-hybridized carbons (Fsp3) is 0.923. The quantitative estimate of drug-likeness (QED) is 0.750. The van der Waals surface area contributed by atoms with Gasteiger partial charge in [0.2, 0.25) is 5.91 Å². The van der Waals surface area contributed by atoms with Crippen molar-refractivity contribution in [2.24, 2.45) is 0 Å². The zero-order chi connectivity index (χ0) is 12.3. The third-order valence-electron chi connectivity index (χ3n) is 3.94. The van der Waals surface area contributed by atoms with Crippen LogP contribution in [0.1, 0.15) is 45.4 Å². The first-order valence-electron chi connectivity index (χ1n) is 6.89. The summed E-state index contributed by atoms with van der Waals surface area (Å²) in [5, 5.41) is 13.4. The number of likely N-dealkylation sites (tertiary alicyclic amines) is 1. The molecule has 0 bridgehead atoms. The molecule has 2 aliphatic rings. The molecule has 2 N–H and O–H groups in total. The van der Waals surface area contributed by atoms with Crippen molar-refractivity contribution < 1.29 is 9.90 Å². The summed E-state index contributed by atoms with van der Waals surface area (Å²) in [5.74, 6) is 0.185. The molecule has 1 atom stereocenters. The van der Waals surface area contributed by atoms with E-state index in [0.29, 0.717) is 6.54 Å². The maximum atomic E-state index is 12.2. The Morgan fingerprint density at radius 2 is 2.24 bits per heavy atom. The van der Waals surface area contributed by atoms with E-state index in [-0.39, 0.29) is 11.9 Å². The van der Waals surface area contributed by atoms with Crippen LogP contribution < -0.4 is 5.32 Å². The van der Waals surface area contributed by atoms with Crippen molar-refractivity contribution in [3.05, 3.63) is 0 Å². The molecule has 0 radical (unpaired) electrons. The lowest BCUT2D eigenvalue weighted by Crippen LogP contribution is -2.56. The summed E-state index contributed by atoms with van der Waals surface area (Å²) in [5.41, 5.74) is -0.581. The number of aliphatic hydroxyl groups is 1. The second kappa shape index (κ2) is 5.36. The molecule has 2 fully saturated rings. The summed E-state index contributed by atoms with van der Waals surface area (Å²) < 4.78 is 0. The number of piperidine rings is 1. The molecule has 0 aromatic carbocycles. The average molecular weight is 240 g/mol. The number of β-amino-alcohol motifs (C(OH)–C–C–N with tert-alkyl or cyclic N) is 1. The Kier molecular flexibility index (Phi) is 4.05. The normalized spacial score (nSPS) is 28.0. The molecule has 1 saturated carbocycles. The van der Waals surface area contributed by atoms with Crippen molar-refractivity contribution in [3.8, 4) is 0 Å². The van der Waals surface area contributed by atoms with Crippen LogP contribution in [0.4, 0.5) is 0 Å². The lowest BCUT2D eigenvalue weighted by Gasteiger charge is -2.43. The molecule has 4 heteroatoms. The molecule has 1 heterocycles. The van der Waals surface area contributed by atoms with Gasteiger partial charge < -0.3 is 15.3 Å². The van der Waals surface area contributed by atoms with Crippen LogP contribution in [0, 0.1) is 0 Å². The van der Waals surface area contributed by atoms with Crippen molar-refractivity contribution in [2.75, 3.05) is 19.6 Å². The Morgan fingerprint density at radius 3 is 2.82 bits per heavy atom. The molecule has 1 unspecified atom stereocenters. The van der Waals surface area contributed by atoms with Gasteiger partial charge in [0.25, 0.3) is 0 Å². The van der Waals surface area contributed by atoms with Crippen molar-refractivity contribution in [1.82, 2.24) is 10.2 Å². The SMILES string of the molecule is CCCNC1CCCN(CC2(O)CCC2)C1=O. The predicted octanol–water partition coefficient (Wildman–Crippen LogP) is 0.892. The third kappa shape index (κ3) is 2.99. The highest BCUT2D eigenvalue weighted by Gasteiger charge is 2.39. The van der Waals surface area contributed by atoms with Gasteiger partial charge in [-0.2, -0.15) is 0 Å². The first-order valence-corrected chi connectivity index (χ1v) is 6.89. The van der Waals surface area contributed by atoms with Gasteiger partial charge in [-0.3, -0.25) is 4.79 Å². The minimum absolute atomic E-state index is 0.0209. The van der Waals surface area contributed by atoms with E-state index in [2.05, 4.69) is 12.2 Å². The average Bonchev–Trinajstić information content (AvgIpc) is 2.28. The lowest BCUT2D eigenvalue weighted by molar-refractivity contribution is -0.143. The van der Waals surface area contributed by atoms with E-state index in [0.717, 1.165) is 51.6 Å². The van der Waals surface area contributed by atoms with Gasteiger partial charge >= 0.3 is 0 Å². The van der Waals surface area contributed by atoms with Crippen molar-refractivity contribution in [3.63, 3.8) is 0 Å². The van der Waals surface area contributed by atoms with E-state index < -0.39 is 5.60 Å². The minimum Gasteiger partial charge on any atom is -0.388 e. The maximum Gasteiger partial charge on any atom is 0.239 e. The van der Waals surface area contributed by atoms with E-state index >= 15 is 0 Å². The molecule has 1 saturated heterocycles. The van der Waals surface area contributed by atoms with E-state index in [1.54, 1.807) is 0 Å². The van der Waals surface area contributed by atoms with Crippen LogP contribution >= 0.6 is 0 Å². The largest absolute Gasteiger partial charge is 0.388 e. The number of hydrogen-bond donors (Lipinski definition) is 2. The van der Waals surface area contributed by atoms with Gasteiger partial charge in [0.05, 0.1) is 11.6 Å². The van der Waals surface area contributed by atoms with Gasteiger partial charge in [0, 0.05) is 13.1 Å². The highest BCUT2D eigenvalue weighted by molar-refractivity contribution is 5.82. The predicted molar refractivity (Wildman–Crippen MR) is 66.7 cm³/mol. The Hall–Kier alpha value is -0.610. The summed E-state index contributed by atoms with van der Waals surface area (Å²) >= 11 is 0. The number of nitrogens with zero attached hydrogens (tertiary/aromatic N) is 1. The van der Waals surface area contributed by atoms with Crippen LogP contribution in [0.5, 0.6) is 0 Å². The maximum absolute atomic E-state index is 12.2. The molecule has 17 heavy (non-hydrogen) atoms. The van der Waals surface area contributed by atoms with Crippen LogP contribution in [0.15, 0.2) is 0 Å². The zero-order valence-corrected chi connectivity index (χ0v) is 10.7. The topological polar surface area (TPSA) is 52.6 Å². The number of nitrogens with one attached hydrogen (secondary N) is 1. The number of rotatable bonds is 5. The highest BCUT2D eigenvalue weighted by Crippen LogP contribution is 2.33. The van der Waals surface area contributed by atoms with Crippen molar-refractivity contribution in [1.29, 1.82) is 0 Å². The molecule has 1 aliphatic carbocycles. The molecule has 2 rings (SSSR count). The summed E-state index contributed by atoms with van der Waals surface area (Å²) in [7, 11) is 0. The van der Waals surface area contributed by atoms with Gasteiger partial charge in [-0.1, -0.05) is 6.92 Å². The van der Waals surface area contributed by atoms with Crippen LogP contribution in [0.25, 0.3) is 0 Å². The summed E-state index contributed by atoms with van der Waals surface area (Å²) in [6.07, 6.45) is 5.83. The number of carbonyl (C=O) groups excluding carboxylic acids is 1. The van der Waals surface area contributed by atoms with E-state index in [1.807, 2.05) is 4.90 Å². The van der Waals surface area contributed by atoms with Gasteiger partial charge in [-0.15, -0.1) is 0 Å². The first kappa shape index (κ1) is 12.8. The summed E-state index contributed by atoms with van der Waals surface area (Å²) in [6, 6.07) is -0.0209. The Labute approximate surface area is 103 Å². The molecule has 1 amide bonds. The minimum atomic E-state index is -0.581. The summed E-state index contributed by atoms with van der Waals surface area (Å²) in [4.78, 5) is 14.1. The molecule has 98 valence electrons. The van der Waals surface area contributed by atoms with Crippen LogP contribution in [-0.2, 0) is 4.79 Å². The van der Waals surface area contributed by atoms with E-state index in [1.165, 1.54) is 0 Å². The monoisotopic (exact) mass is 240 g/mol. The molecular weight excluding hydrogens is 216 g/mol. The number of amides is 1. The van der Waals surface area contributed by atoms with E-state index in [4.69, 9.17) is 0 Å². The van der Waals surface area contributed by atoms with Crippen LogP contribution in [-0.4, -0.2) is 47.2 Å². The number of carbonyl (C=O) groups is 1. The van der Waals surface area contributed by atoms with Crippen LogP contribution in [0.2, 0.25) is 0 Å². The van der Waals surface area contributed by atoms with Gasteiger partial charge in [0.1, 0.15) is 0 Å². The molecule has 1 aliphatic heterocycles. The van der Waals surface area contributed by atoms with Crippen LogP contribution in [0.3, 0.4) is 0 Å². The van der Waals surface area contributed by atoms with Gasteiger partial charge in [-0.25, -0.2) is 0 Å². The summed E-state index contributed by atoms with van der Waals surface area (Å²) in [6.45, 7) is 4.35. The second-order valence-electron chi connectivity index (χ2n) is 5.49. The first-order chi connectivity index (χ1) is 8.14. The van der Waals surface area contributed by atoms with E-state index in [9.17, 15) is 9.90 Å². The molecule has 0 spiro atoms. The van der Waals surface area contributed by atoms with Crippen molar-refractivity contribution in [2.45, 2.75) is 57.1 Å².